The van der Waals surface area contributed by atoms with E-state index in [2.05, 4.69) is 43.4 Å². The first-order chi connectivity index (χ1) is 14.6. The summed E-state index contributed by atoms with van der Waals surface area (Å²) in [5.74, 6) is -0.414. The van der Waals surface area contributed by atoms with Crippen molar-refractivity contribution < 1.29 is 9.50 Å². The molecule has 2 N–H and O–H groups in total. The summed E-state index contributed by atoms with van der Waals surface area (Å²) in [7, 11) is 0. The SMILES string of the molecule is CCC[C@@H]1[C@H](c2ccccc2)N[C@H](c2ccccc2)[C@H](C)[C@]1(O)c1ccc(F)cc1. The van der Waals surface area contributed by atoms with Crippen LogP contribution >= 0.6 is 0 Å². The van der Waals surface area contributed by atoms with E-state index in [-0.39, 0.29) is 29.7 Å². The molecule has 0 spiro atoms. The maximum atomic E-state index is 13.7. The second kappa shape index (κ2) is 8.71. The average Bonchev–Trinajstić information content (AvgIpc) is 2.79. The van der Waals surface area contributed by atoms with Crippen LogP contribution in [0, 0.1) is 17.7 Å². The van der Waals surface area contributed by atoms with Crippen LogP contribution in [0.15, 0.2) is 84.9 Å². The molecule has 5 atom stereocenters. The second-order valence-corrected chi connectivity index (χ2v) is 8.46. The third-order valence-corrected chi connectivity index (χ3v) is 6.74. The number of benzene rings is 3. The minimum atomic E-state index is -1.09. The molecule has 0 amide bonds. The van der Waals surface area contributed by atoms with Gasteiger partial charge in [-0.2, -0.15) is 0 Å². The molecule has 3 aromatic rings. The quantitative estimate of drug-likeness (QED) is 0.535. The molecule has 2 nitrogen and oxygen atoms in total. The largest absolute Gasteiger partial charge is 0.384 e. The molecular weight excluding hydrogens is 373 g/mol. The first-order valence-electron chi connectivity index (χ1n) is 10.9. The molecule has 0 bridgehead atoms. The Morgan fingerprint density at radius 1 is 0.833 bits per heavy atom. The number of halogens is 1. The first kappa shape index (κ1) is 20.8. The van der Waals surface area contributed by atoms with Gasteiger partial charge in [0.1, 0.15) is 5.82 Å². The fourth-order valence-corrected chi connectivity index (χ4v) is 5.23. The van der Waals surface area contributed by atoms with Crippen LogP contribution in [-0.4, -0.2) is 5.11 Å². The maximum Gasteiger partial charge on any atom is 0.123 e. The Hall–Kier alpha value is -2.49. The second-order valence-electron chi connectivity index (χ2n) is 8.46. The third kappa shape index (κ3) is 3.68. The topological polar surface area (TPSA) is 32.3 Å². The van der Waals surface area contributed by atoms with Crippen LogP contribution in [0.4, 0.5) is 4.39 Å². The van der Waals surface area contributed by atoms with Crippen LogP contribution in [0.1, 0.15) is 55.5 Å². The number of nitrogens with one attached hydrogen (secondary N) is 1. The van der Waals surface area contributed by atoms with Crippen LogP contribution < -0.4 is 5.32 Å². The fourth-order valence-electron chi connectivity index (χ4n) is 5.23. The molecule has 1 saturated heterocycles. The van der Waals surface area contributed by atoms with Gasteiger partial charge in [0.2, 0.25) is 0 Å². The molecule has 0 radical (unpaired) electrons. The Balaban J connectivity index is 1.88. The van der Waals surface area contributed by atoms with Crippen molar-refractivity contribution in [1.82, 2.24) is 5.32 Å². The lowest BCUT2D eigenvalue weighted by Gasteiger charge is -2.53. The average molecular weight is 404 g/mol. The lowest BCUT2D eigenvalue weighted by molar-refractivity contribution is -0.127. The normalized spacial score (nSPS) is 28.9. The Kier molecular flexibility index (Phi) is 6.03. The summed E-state index contributed by atoms with van der Waals surface area (Å²) >= 11 is 0. The van der Waals surface area contributed by atoms with Gasteiger partial charge in [0.05, 0.1) is 5.60 Å². The molecule has 0 aliphatic carbocycles. The van der Waals surface area contributed by atoms with E-state index in [1.54, 1.807) is 12.1 Å². The molecule has 1 aliphatic heterocycles. The van der Waals surface area contributed by atoms with Crippen molar-refractivity contribution in [2.45, 2.75) is 44.4 Å². The molecule has 156 valence electrons. The minimum absolute atomic E-state index is 0.0115. The van der Waals surface area contributed by atoms with E-state index < -0.39 is 5.60 Å². The predicted octanol–water partition coefficient (Wildman–Crippen LogP) is 6.15. The van der Waals surface area contributed by atoms with E-state index in [1.165, 1.54) is 17.7 Å². The Morgan fingerprint density at radius 3 is 1.90 bits per heavy atom. The van der Waals surface area contributed by atoms with Crippen LogP contribution in [0.5, 0.6) is 0 Å². The summed E-state index contributed by atoms with van der Waals surface area (Å²) in [5, 5.41) is 16.3. The molecule has 3 aromatic carbocycles. The van der Waals surface area contributed by atoms with Gasteiger partial charge < -0.3 is 10.4 Å². The molecule has 3 heteroatoms. The zero-order valence-electron chi connectivity index (χ0n) is 17.6. The number of hydrogen-bond acceptors (Lipinski definition) is 2. The summed E-state index contributed by atoms with van der Waals surface area (Å²) in [6, 6.07) is 27.1. The minimum Gasteiger partial charge on any atom is -0.384 e. The van der Waals surface area contributed by atoms with Gasteiger partial charge >= 0.3 is 0 Å². The fraction of sp³-hybridized carbons (Fsp3) is 0.333. The maximum absolute atomic E-state index is 13.7. The number of aliphatic hydroxyl groups is 1. The van der Waals surface area contributed by atoms with Crippen molar-refractivity contribution in [3.05, 3.63) is 107 Å². The van der Waals surface area contributed by atoms with E-state index in [9.17, 15) is 9.50 Å². The number of piperidine rings is 1. The Labute approximate surface area is 178 Å². The highest BCUT2D eigenvalue weighted by Gasteiger charge is 2.53. The first-order valence-corrected chi connectivity index (χ1v) is 10.9. The number of rotatable bonds is 5. The predicted molar refractivity (Wildman–Crippen MR) is 119 cm³/mol. The highest BCUT2D eigenvalue weighted by molar-refractivity contribution is 5.33. The highest BCUT2D eigenvalue weighted by atomic mass is 19.1. The van der Waals surface area contributed by atoms with Gasteiger partial charge in [0.25, 0.3) is 0 Å². The van der Waals surface area contributed by atoms with E-state index in [0.29, 0.717) is 0 Å². The summed E-state index contributed by atoms with van der Waals surface area (Å²) in [5.41, 5.74) is 2.03. The van der Waals surface area contributed by atoms with Crippen LogP contribution in [0.3, 0.4) is 0 Å². The van der Waals surface area contributed by atoms with E-state index in [1.807, 2.05) is 36.4 Å². The van der Waals surface area contributed by atoms with E-state index >= 15 is 0 Å². The van der Waals surface area contributed by atoms with Gasteiger partial charge in [0.15, 0.2) is 0 Å². The molecule has 4 rings (SSSR count). The number of hydrogen-bond donors (Lipinski definition) is 2. The molecule has 1 heterocycles. The van der Waals surface area contributed by atoms with Crippen molar-refractivity contribution in [2.24, 2.45) is 11.8 Å². The van der Waals surface area contributed by atoms with Crippen molar-refractivity contribution >= 4 is 0 Å². The summed E-state index contributed by atoms with van der Waals surface area (Å²) in [6.45, 7) is 4.26. The van der Waals surface area contributed by atoms with Crippen molar-refractivity contribution in [1.29, 1.82) is 0 Å². The van der Waals surface area contributed by atoms with Crippen molar-refractivity contribution in [3.63, 3.8) is 0 Å². The van der Waals surface area contributed by atoms with Gasteiger partial charge in [-0.05, 0) is 35.2 Å². The third-order valence-electron chi connectivity index (χ3n) is 6.74. The zero-order chi connectivity index (χ0) is 21.1. The molecular formula is C27H30FNO. The van der Waals surface area contributed by atoms with E-state index in [0.717, 1.165) is 24.0 Å². The molecule has 0 aromatic heterocycles. The molecule has 30 heavy (non-hydrogen) atoms. The van der Waals surface area contributed by atoms with Gasteiger partial charge in [-0.3, -0.25) is 0 Å². The molecule has 0 unspecified atom stereocenters. The molecule has 0 saturated carbocycles. The highest BCUT2D eigenvalue weighted by Crippen LogP contribution is 2.53. The van der Waals surface area contributed by atoms with E-state index in [4.69, 9.17) is 0 Å². The van der Waals surface area contributed by atoms with Crippen LogP contribution in [0.2, 0.25) is 0 Å². The lowest BCUT2D eigenvalue weighted by Crippen LogP contribution is -2.56. The Morgan fingerprint density at radius 2 is 1.37 bits per heavy atom. The van der Waals surface area contributed by atoms with Crippen molar-refractivity contribution in [3.8, 4) is 0 Å². The van der Waals surface area contributed by atoms with Gasteiger partial charge in [-0.15, -0.1) is 0 Å². The summed E-state index contributed by atoms with van der Waals surface area (Å²) in [4.78, 5) is 0. The van der Waals surface area contributed by atoms with Gasteiger partial charge in [-0.1, -0.05) is 93.1 Å². The van der Waals surface area contributed by atoms with Gasteiger partial charge in [-0.25, -0.2) is 4.39 Å². The summed E-state index contributed by atoms with van der Waals surface area (Å²) < 4.78 is 13.7. The smallest absolute Gasteiger partial charge is 0.123 e. The van der Waals surface area contributed by atoms with Crippen LogP contribution in [0.25, 0.3) is 0 Å². The summed E-state index contributed by atoms with van der Waals surface area (Å²) in [6.07, 6.45) is 1.83. The van der Waals surface area contributed by atoms with Crippen LogP contribution in [-0.2, 0) is 5.60 Å². The molecule has 1 aliphatic rings. The monoisotopic (exact) mass is 403 g/mol. The van der Waals surface area contributed by atoms with Gasteiger partial charge in [0, 0.05) is 23.9 Å². The lowest BCUT2D eigenvalue weighted by atomic mass is 9.61. The Bertz CT molecular complexity index is 944. The molecule has 1 fully saturated rings. The zero-order valence-corrected chi connectivity index (χ0v) is 17.6. The standard InChI is InChI=1S/C27H30FNO/c1-3-10-24-26(21-13-8-5-9-14-21)29-25(20-11-6-4-7-12-20)19(2)27(24,30)22-15-17-23(28)18-16-22/h4-9,11-19,24-26,29-30H,3,10H2,1-2H3/t19-,24+,25-,26-,27-/m0/s1. The van der Waals surface area contributed by atoms with Crippen molar-refractivity contribution in [2.75, 3.05) is 0 Å².